The van der Waals surface area contributed by atoms with Crippen molar-refractivity contribution in [2.75, 3.05) is 18.4 Å². The van der Waals surface area contributed by atoms with Crippen LogP contribution >= 0.6 is 0 Å². The van der Waals surface area contributed by atoms with Gasteiger partial charge in [0.1, 0.15) is 6.10 Å². The van der Waals surface area contributed by atoms with E-state index in [1.165, 1.54) is 6.92 Å². The molecule has 1 aromatic carbocycles. The zero-order chi connectivity index (χ0) is 23.8. The van der Waals surface area contributed by atoms with Crippen molar-refractivity contribution in [2.45, 2.75) is 26.5 Å². The Hall–Kier alpha value is -4.12. The van der Waals surface area contributed by atoms with Gasteiger partial charge in [0.2, 0.25) is 11.7 Å². The van der Waals surface area contributed by atoms with Crippen molar-refractivity contribution < 1.29 is 14.3 Å². The first-order valence-corrected chi connectivity index (χ1v) is 10.9. The van der Waals surface area contributed by atoms with E-state index in [9.17, 15) is 9.59 Å². The number of ketones is 1. The lowest BCUT2D eigenvalue weighted by molar-refractivity contribution is -0.163. The number of nitrogens with zero attached hydrogens (tertiary/aromatic N) is 7. The van der Waals surface area contributed by atoms with Crippen LogP contribution in [-0.4, -0.2) is 65.4 Å². The molecule has 1 N–H and O–H groups in total. The molecular weight excluding hydrogens is 436 g/mol. The van der Waals surface area contributed by atoms with E-state index in [2.05, 4.69) is 30.4 Å². The Morgan fingerprint density at radius 2 is 2.06 bits per heavy atom. The van der Waals surface area contributed by atoms with Gasteiger partial charge in [0, 0.05) is 68.7 Å². The number of Topliss-reactive ketones (excluding diaryl/α,β-unsaturated/α-hetero) is 1. The SMILES string of the molecule is CC(=O)C(=O)OC1CN(Cc2cn(-c3ccnc(Nc4ccc5c(cnn5C)c4)n3)nc2C)C1. The molecule has 0 amide bonds. The van der Waals surface area contributed by atoms with Crippen LogP contribution in [0.5, 0.6) is 0 Å². The van der Waals surface area contributed by atoms with Gasteiger partial charge in [-0.05, 0) is 25.1 Å². The third-order valence-electron chi connectivity index (χ3n) is 5.76. The fourth-order valence-corrected chi connectivity index (χ4v) is 3.88. The highest BCUT2D eigenvalue weighted by Crippen LogP contribution is 2.22. The van der Waals surface area contributed by atoms with Crippen LogP contribution in [0, 0.1) is 6.92 Å². The number of carbonyl (C=O) groups is 2. The number of anilines is 2. The van der Waals surface area contributed by atoms with Crippen LogP contribution in [0.1, 0.15) is 18.2 Å². The van der Waals surface area contributed by atoms with Crippen LogP contribution in [0.3, 0.4) is 0 Å². The van der Waals surface area contributed by atoms with Crippen molar-refractivity contribution in [3.8, 4) is 5.82 Å². The summed E-state index contributed by atoms with van der Waals surface area (Å²) in [5.74, 6) is -0.242. The van der Waals surface area contributed by atoms with E-state index in [0.29, 0.717) is 31.4 Å². The molecule has 1 saturated heterocycles. The molecule has 0 saturated carbocycles. The van der Waals surface area contributed by atoms with Crippen LogP contribution in [0.4, 0.5) is 11.6 Å². The third kappa shape index (κ3) is 4.37. The minimum Gasteiger partial charge on any atom is -0.454 e. The first kappa shape index (κ1) is 21.7. The zero-order valence-electron chi connectivity index (χ0n) is 19.1. The molecule has 0 aliphatic carbocycles. The Morgan fingerprint density at radius 3 is 2.85 bits per heavy atom. The number of aryl methyl sites for hydroxylation is 2. The normalized spacial score (nSPS) is 14.2. The number of nitrogens with one attached hydrogen (secondary N) is 1. The van der Waals surface area contributed by atoms with Gasteiger partial charge in [-0.25, -0.2) is 14.5 Å². The van der Waals surface area contributed by atoms with Crippen LogP contribution in [-0.2, 0) is 27.9 Å². The number of aromatic nitrogens is 6. The lowest BCUT2D eigenvalue weighted by atomic mass is 10.1. The van der Waals surface area contributed by atoms with E-state index < -0.39 is 11.8 Å². The average molecular weight is 460 g/mol. The van der Waals surface area contributed by atoms with Gasteiger partial charge in [0.05, 0.1) is 17.4 Å². The first-order valence-electron chi connectivity index (χ1n) is 10.9. The summed E-state index contributed by atoms with van der Waals surface area (Å²) in [6.45, 7) is 5.01. The average Bonchev–Trinajstić information content (AvgIpc) is 3.34. The highest BCUT2D eigenvalue weighted by atomic mass is 16.6. The van der Waals surface area contributed by atoms with Gasteiger partial charge in [-0.1, -0.05) is 0 Å². The number of hydrogen-bond donors (Lipinski definition) is 1. The third-order valence-corrected chi connectivity index (χ3v) is 5.76. The second-order valence-electron chi connectivity index (χ2n) is 8.37. The van der Waals surface area contributed by atoms with E-state index in [1.54, 1.807) is 16.9 Å². The predicted molar refractivity (Wildman–Crippen MR) is 124 cm³/mol. The molecule has 0 radical (unpaired) electrons. The fourth-order valence-electron chi connectivity index (χ4n) is 3.88. The number of benzene rings is 1. The number of rotatable bonds is 7. The van der Waals surface area contributed by atoms with Crippen LogP contribution in [0.25, 0.3) is 16.7 Å². The van der Waals surface area contributed by atoms with Gasteiger partial charge in [0.25, 0.3) is 0 Å². The Morgan fingerprint density at radius 1 is 1.24 bits per heavy atom. The van der Waals surface area contributed by atoms with E-state index in [-0.39, 0.29) is 6.10 Å². The van der Waals surface area contributed by atoms with Gasteiger partial charge in [0.15, 0.2) is 5.82 Å². The predicted octanol–water partition coefficient (Wildman–Crippen LogP) is 1.92. The molecular formula is C23H24N8O3. The number of carbonyl (C=O) groups excluding carboxylic acids is 2. The molecule has 0 unspecified atom stereocenters. The maximum Gasteiger partial charge on any atom is 0.374 e. The molecule has 174 valence electrons. The molecule has 0 spiro atoms. The number of likely N-dealkylation sites (tertiary alicyclic amines) is 1. The molecule has 0 bridgehead atoms. The Kier molecular flexibility index (Phi) is 5.54. The summed E-state index contributed by atoms with van der Waals surface area (Å²) in [5, 5.41) is 13.1. The van der Waals surface area contributed by atoms with E-state index in [4.69, 9.17) is 4.74 Å². The maximum atomic E-state index is 11.4. The number of ether oxygens (including phenoxy) is 1. The number of hydrogen-bond acceptors (Lipinski definition) is 9. The Labute approximate surface area is 195 Å². The smallest absolute Gasteiger partial charge is 0.374 e. The topological polar surface area (TPSA) is 120 Å². The molecule has 11 heteroatoms. The van der Waals surface area contributed by atoms with E-state index in [0.717, 1.165) is 27.8 Å². The monoisotopic (exact) mass is 460 g/mol. The van der Waals surface area contributed by atoms with Crippen molar-refractivity contribution in [1.82, 2.24) is 34.4 Å². The van der Waals surface area contributed by atoms with Crippen molar-refractivity contribution in [1.29, 1.82) is 0 Å². The second kappa shape index (κ2) is 8.67. The molecule has 0 atom stereocenters. The van der Waals surface area contributed by atoms with Crippen molar-refractivity contribution in [3.05, 3.63) is 54.1 Å². The molecule has 5 rings (SSSR count). The fraction of sp³-hybridized carbons (Fsp3) is 0.304. The molecule has 4 heterocycles. The molecule has 34 heavy (non-hydrogen) atoms. The molecule has 3 aromatic heterocycles. The van der Waals surface area contributed by atoms with Gasteiger partial charge < -0.3 is 10.1 Å². The molecule has 4 aromatic rings. The Bertz CT molecular complexity index is 1390. The lowest BCUT2D eigenvalue weighted by Gasteiger charge is -2.38. The summed E-state index contributed by atoms with van der Waals surface area (Å²) >= 11 is 0. The summed E-state index contributed by atoms with van der Waals surface area (Å²) in [6, 6.07) is 7.76. The molecule has 1 fully saturated rings. The van der Waals surface area contributed by atoms with Crippen LogP contribution < -0.4 is 5.32 Å². The summed E-state index contributed by atoms with van der Waals surface area (Å²) in [7, 11) is 1.91. The summed E-state index contributed by atoms with van der Waals surface area (Å²) in [4.78, 5) is 33.5. The molecule has 11 nitrogen and oxygen atoms in total. The summed E-state index contributed by atoms with van der Waals surface area (Å²) in [5.41, 5.74) is 3.85. The molecule has 1 aliphatic rings. The standard InChI is InChI=1S/C23H24N8O3/c1-14-17(10-30-12-19(13-30)34-22(33)15(2)32)11-31(28-14)21-6-7-24-23(27-21)26-18-4-5-20-16(8-18)9-25-29(20)3/h4-9,11,19H,10,12-13H2,1-3H3,(H,24,26,27). The summed E-state index contributed by atoms with van der Waals surface area (Å²) in [6.07, 6.45) is 5.21. The minimum absolute atomic E-state index is 0.242. The largest absolute Gasteiger partial charge is 0.454 e. The second-order valence-corrected chi connectivity index (χ2v) is 8.37. The maximum absolute atomic E-state index is 11.4. The number of esters is 1. The van der Waals surface area contributed by atoms with Crippen molar-refractivity contribution in [2.24, 2.45) is 7.05 Å². The van der Waals surface area contributed by atoms with Gasteiger partial charge in [-0.3, -0.25) is 14.4 Å². The minimum atomic E-state index is -0.776. The van der Waals surface area contributed by atoms with E-state index >= 15 is 0 Å². The first-order chi connectivity index (χ1) is 16.4. The highest BCUT2D eigenvalue weighted by molar-refractivity contribution is 6.32. The van der Waals surface area contributed by atoms with Crippen molar-refractivity contribution >= 4 is 34.3 Å². The van der Waals surface area contributed by atoms with E-state index in [1.807, 2.05) is 49.2 Å². The van der Waals surface area contributed by atoms with Crippen molar-refractivity contribution in [3.63, 3.8) is 0 Å². The van der Waals surface area contributed by atoms with Gasteiger partial charge in [-0.2, -0.15) is 15.2 Å². The van der Waals surface area contributed by atoms with Gasteiger partial charge >= 0.3 is 5.97 Å². The number of fused-ring (bicyclic) bond motifs is 1. The van der Waals surface area contributed by atoms with Crippen LogP contribution in [0.15, 0.2) is 42.9 Å². The quantitative estimate of drug-likeness (QED) is 0.326. The zero-order valence-corrected chi connectivity index (χ0v) is 19.1. The van der Waals surface area contributed by atoms with Crippen LogP contribution in [0.2, 0.25) is 0 Å². The molecule has 1 aliphatic heterocycles. The Balaban J connectivity index is 1.25. The summed E-state index contributed by atoms with van der Waals surface area (Å²) < 4.78 is 8.69. The lowest BCUT2D eigenvalue weighted by Crippen LogP contribution is -2.52. The van der Waals surface area contributed by atoms with Gasteiger partial charge in [-0.15, -0.1) is 0 Å². The highest BCUT2D eigenvalue weighted by Gasteiger charge is 2.31.